The smallest absolute Gasteiger partial charge is 0.128 e. The monoisotopic (exact) mass is 266 g/mol. The number of nitrogens with zero attached hydrogens (tertiary/aromatic N) is 1. The van der Waals surface area contributed by atoms with E-state index >= 15 is 0 Å². The third kappa shape index (κ3) is 1.66. The molecule has 0 spiro atoms. The van der Waals surface area contributed by atoms with E-state index < -0.39 is 0 Å². The molecule has 0 amide bonds. The molecule has 1 aliphatic heterocycles. The lowest BCUT2D eigenvalue weighted by atomic mass is 9.77. The van der Waals surface area contributed by atoms with Gasteiger partial charge in [-0.05, 0) is 35.2 Å². The van der Waals surface area contributed by atoms with Gasteiger partial charge in [0.15, 0.2) is 0 Å². The molecule has 100 valence electrons. The molecule has 0 saturated carbocycles. The van der Waals surface area contributed by atoms with Crippen LogP contribution in [0, 0.1) is 11.2 Å². The third-order valence-electron chi connectivity index (χ3n) is 4.41. The number of nitrogens with one attached hydrogen (secondary N) is 1. The summed E-state index contributed by atoms with van der Waals surface area (Å²) in [5.41, 5.74) is 4.64. The van der Waals surface area contributed by atoms with E-state index in [0.717, 1.165) is 30.6 Å². The number of halogens is 1. The van der Waals surface area contributed by atoms with E-state index in [0.29, 0.717) is 11.8 Å². The first kappa shape index (κ1) is 11.6. The third-order valence-corrected chi connectivity index (χ3v) is 4.41. The number of hydrogen-bond donors (Lipinski definition) is 1. The number of benzene rings is 2. The van der Waals surface area contributed by atoms with Crippen LogP contribution in [0.4, 0.5) is 4.39 Å². The highest BCUT2D eigenvalue weighted by Crippen LogP contribution is 2.37. The van der Waals surface area contributed by atoms with Crippen molar-refractivity contribution in [3.63, 3.8) is 0 Å². The SMILES string of the molecule is N=C1c2cc(F)ccc2CN1CC1Cc2ccccc21. The van der Waals surface area contributed by atoms with Gasteiger partial charge in [0.2, 0.25) is 0 Å². The van der Waals surface area contributed by atoms with Crippen LogP contribution in [0.5, 0.6) is 0 Å². The van der Waals surface area contributed by atoms with Crippen molar-refractivity contribution in [2.75, 3.05) is 6.54 Å². The molecule has 3 heteroatoms. The fourth-order valence-electron chi connectivity index (χ4n) is 3.31. The van der Waals surface area contributed by atoms with E-state index in [2.05, 4.69) is 29.2 Å². The molecule has 2 nitrogen and oxygen atoms in total. The lowest BCUT2D eigenvalue weighted by Crippen LogP contribution is -2.33. The molecule has 0 saturated heterocycles. The topological polar surface area (TPSA) is 27.1 Å². The van der Waals surface area contributed by atoms with E-state index in [4.69, 9.17) is 5.41 Å². The van der Waals surface area contributed by atoms with Crippen molar-refractivity contribution in [1.29, 1.82) is 5.41 Å². The van der Waals surface area contributed by atoms with Crippen molar-refractivity contribution < 1.29 is 4.39 Å². The summed E-state index contributed by atoms with van der Waals surface area (Å²) in [7, 11) is 0. The van der Waals surface area contributed by atoms with Gasteiger partial charge >= 0.3 is 0 Å². The Morgan fingerprint density at radius 1 is 1.15 bits per heavy atom. The number of rotatable bonds is 2. The van der Waals surface area contributed by atoms with Crippen molar-refractivity contribution in [3.8, 4) is 0 Å². The average Bonchev–Trinajstić information content (AvgIpc) is 2.73. The molecule has 2 aromatic rings. The Kier molecular flexibility index (Phi) is 2.43. The summed E-state index contributed by atoms with van der Waals surface area (Å²) in [6, 6.07) is 13.3. The van der Waals surface area contributed by atoms with Gasteiger partial charge in [-0.2, -0.15) is 0 Å². The lowest BCUT2D eigenvalue weighted by Gasteiger charge is -2.34. The molecule has 1 aliphatic carbocycles. The largest absolute Gasteiger partial charge is 0.352 e. The molecule has 0 fully saturated rings. The minimum absolute atomic E-state index is 0.260. The van der Waals surface area contributed by atoms with Crippen LogP contribution in [0.25, 0.3) is 0 Å². The first-order valence-electron chi connectivity index (χ1n) is 6.92. The van der Waals surface area contributed by atoms with Gasteiger partial charge in [0, 0.05) is 24.6 Å². The van der Waals surface area contributed by atoms with Gasteiger partial charge in [-0.1, -0.05) is 30.3 Å². The van der Waals surface area contributed by atoms with Gasteiger partial charge in [-0.3, -0.25) is 5.41 Å². The van der Waals surface area contributed by atoms with E-state index in [1.807, 2.05) is 0 Å². The summed E-state index contributed by atoms with van der Waals surface area (Å²) in [4.78, 5) is 2.06. The minimum Gasteiger partial charge on any atom is -0.352 e. The molecule has 1 N–H and O–H groups in total. The zero-order valence-electron chi connectivity index (χ0n) is 11.1. The van der Waals surface area contributed by atoms with Gasteiger partial charge in [0.1, 0.15) is 11.7 Å². The van der Waals surface area contributed by atoms with Crippen LogP contribution in [-0.2, 0) is 13.0 Å². The van der Waals surface area contributed by atoms with E-state index in [9.17, 15) is 4.39 Å². The summed E-state index contributed by atoms with van der Waals surface area (Å²) in [5, 5.41) is 8.22. The van der Waals surface area contributed by atoms with Crippen LogP contribution < -0.4 is 0 Å². The molecule has 4 rings (SSSR count). The fraction of sp³-hybridized carbons (Fsp3) is 0.235. The Hall–Kier alpha value is -2.16. The second-order valence-electron chi connectivity index (χ2n) is 5.63. The maximum absolute atomic E-state index is 13.3. The Labute approximate surface area is 117 Å². The van der Waals surface area contributed by atoms with Gasteiger partial charge in [0.25, 0.3) is 0 Å². The van der Waals surface area contributed by atoms with Gasteiger partial charge in [-0.25, -0.2) is 4.39 Å². The van der Waals surface area contributed by atoms with E-state index in [1.54, 1.807) is 6.07 Å². The average molecular weight is 266 g/mol. The molecule has 2 aromatic carbocycles. The molecule has 20 heavy (non-hydrogen) atoms. The van der Waals surface area contributed by atoms with E-state index in [-0.39, 0.29) is 5.82 Å². The second kappa shape index (κ2) is 4.17. The van der Waals surface area contributed by atoms with Gasteiger partial charge < -0.3 is 4.90 Å². The first-order chi connectivity index (χ1) is 9.72. The van der Waals surface area contributed by atoms with Crippen molar-refractivity contribution in [2.45, 2.75) is 18.9 Å². The Balaban J connectivity index is 1.54. The van der Waals surface area contributed by atoms with Crippen LogP contribution in [0.2, 0.25) is 0 Å². The molecular weight excluding hydrogens is 251 g/mol. The normalized spacial score (nSPS) is 19.6. The van der Waals surface area contributed by atoms with Crippen molar-refractivity contribution in [3.05, 3.63) is 70.5 Å². The van der Waals surface area contributed by atoms with Crippen LogP contribution in [0.15, 0.2) is 42.5 Å². The maximum atomic E-state index is 13.3. The molecular formula is C17H15FN2. The van der Waals surface area contributed by atoms with Gasteiger partial charge in [0.05, 0.1) is 0 Å². The number of fused-ring (bicyclic) bond motifs is 2. The van der Waals surface area contributed by atoms with Gasteiger partial charge in [-0.15, -0.1) is 0 Å². The van der Waals surface area contributed by atoms with Crippen LogP contribution >= 0.6 is 0 Å². The molecule has 1 atom stereocenters. The molecule has 0 radical (unpaired) electrons. The summed E-state index contributed by atoms with van der Waals surface area (Å²) in [6.45, 7) is 1.58. The standard InChI is InChI=1S/C17H15FN2/c18-14-6-5-12-9-20(17(19)16(12)8-14)10-13-7-11-3-1-2-4-15(11)13/h1-6,8,13,19H,7,9-10H2. The Morgan fingerprint density at radius 2 is 2.00 bits per heavy atom. The number of hydrogen-bond acceptors (Lipinski definition) is 1. The first-order valence-corrected chi connectivity index (χ1v) is 6.92. The summed E-state index contributed by atoms with van der Waals surface area (Å²) >= 11 is 0. The number of amidine groups is 1. The van der Waals surface area contributed by atoms with Crippen molar-refractivity contribution in [2.24, 2.45) is 0 Å². The lowest BCUT2D eigenvalue weighted by molar-refractivity contribution is 0.372. The summed E-state index contributed by atoms with van der Waals surface area (Å²) in [6.07, 6.45) is 1.09. The molecule has 2 aliphatic rings. The minimum atomic E-state index is -0.260. The molecule has 0 bridgehead atoms. The highest BCUT2D eigenvalue weighted by Gasteiger charge is 2.31. The Morgan fingerprint density at radius 3 is 2.85 bits per heavy atom. The summed E-state index contributed by atoms with van der Waals surface area (Å²) < 4.78 is 13.3. The van der Waals surface area contributed by atoms with E-state index in [1.165, 1.54) is 23.3 Å². The molecule has 0 aromatic heterocycles. The highest BCUT2D eigenvalue weighted by molar-refractivity contribution is 6.00. The molecule has 1 heterocycles. The zero-order valence-corrected chi connectivity index (χ0v) is 11.1. The predicted octanol–water partition coefficient (Wildman–Crippen LogP) is 3.31. The summed E-state index contributed by atoms with van der Waals surface area (Å²) in [5.74, 6) is 0.707. The van der Waals surface area contributed by atoms with Crippen molar-refractivity contribution in [1.82, 2.24) is 4.90 Å². The van der Waals surface area contributed by atoms with Crippen molar-refractivity contribution >= 4 is 5.84 Å². The van der Waals surface area contributed by atoms with Crippen LogP contribution in [0.1, 0.15) is 28.2 Å². The quantitative estimate of drug-likeness (QED) is 0.887. The Bertz CT molecular complexity index is 708. The second-order valence-corrected chi connectivity index (χ2v) is 5.63. The maximum Gasteiger partial charge on any atom is 0.128 e. The fourth-order valence-corrected chi connectivity index (χ4v) is 3.31. The molecule has 1 unspecified atom stereocenters. The predicted molar refractivity (Wildman–Crippen MR) is 76.5 cm³/mol. The van der Waals surface area contributed by atoms with Crippen LogP contribution in [-0.4, -0.2) is 17.3 Å². The highest BCUT2D eigenvalue weighted by atomic mass is 19.1. The van der Waals surface area contributed by atoms with Crippen LogP contribution in [0.3, 0.4) is 0 Å². The zero-order chi connectivity index (χ0) is 13.7.